The van der Waals surface area contributed by atoms with Gasteiger partial charge in [0.2, 0.25) is 0 Å². The Bertz CT molecular complexity index is 467. The number of aromatic nitrogens is 1. The van der Waals surface area contributed by atoms with Crippen LogP contribution in [0.2, 0.25) is 0 Å². The van der Waals surface area contributed by atoms with E-state index < -0.39 is 0 Å². The van der Waals surface area contributed by atoms with Gasteiger partial charge in [-0.1, -0.05) is 43.3 Å². The summed E-state index contributed by atoms with van der Waals surface area (Å²) in [5.41, 5.74) is 8.75. The Morgan fingerprint density at radius 3 is 2.47 bits per heavy atom. The van der Waals surface area contributed by atoms with Gasteiger partial charge in [0.1, 0.15) is 0 Å². The van der Waals surface area contributed by atoms with Crippen LogP contribution in [0.5, 0.6) is 0 Å². The molecule has 2 N–H and O–H groups in total. The van der Waals surface area contributed by atoms with E-state index in [2.05, 4.69) is 48.3 Å². The third kappa shape index (κ3) is 4.18. The molecule has 0 spiro atoms. The quantitative estimate of drug-likeness (QED) is 0.856. The van der Waals surface area contributed by atoms with Gasteiger partial charge in [-0.25, -0.2) is 0 Å². The van der Waals surface area contributed by atoms with Crippen molar-refractivity contribution in [1.29, 1.82) is 0 Å². The number of nitrogens with two attached hydrogens (primary N) is 1. The molecule has 0 saturated carbocycles. The van der Waals surface area contributed by atoms with E-state index in [-0.39, 0.29) is 6.04 Å². The van der Waals surface area contributed by atoms with Crippen LogP contribution in [0.3, 0.4) is 0 Å². The van der Waals surface area contributed by atoms with Crippen molar-refractivity contribution < 1.29 is 0 Å². The molecule has 0 saturated heterocycles. The zero-order chi connectivity index (χ0) is 13.5. The molecule has 2 aromatic rings. The van der Waals surface area contributed by atoms with Crippen LogP contribution in [0.15, 0.2) is 54.7 Å². The van der Waals surface area contributed by atoms with Crippen LogP contribution in [-0.4, -0.2) is 11.0 Å². The molecule has 2 unspecified atom stereocenters. The number of nitrogens with zero attached hydrogens (tertiary/aromatic N) is 1. The average molecular weight is 254 g/mol. The Labute approximate surface area is 115 Å². The molecule has 0 radical (unpaired) electrons. The topological polar surface area (TPSA) is 38.9 Å². The highest BCUT2D eigenvalue weighted by atomic mass is 14.7. The van der Waals surface area contributed by atoms with Gasteiger partial charge in [0.15, 0.2) is 0 Å². The van der Waals surface area contributed by atoms with Crippen molar-refractivity contribution in [3.63, 3.8) is 0 Å². The van der Waals surface area contributed by atoms with Crippen molar-refractivity contribution in [2.45, 2.75) is 38.1 Å². The van der Waals surface area contributed by atoms with Crippen LogP contribution in [0.4, 0.5) is 0 Å². The van der Waals surface area contributed by atoms with Crippen LogP contribution in [0.25, 0.3) is 0 Å². The van der Waals surface area contributed by atoms with E-state index in [1.165, 1.54) is 5.56 Å². The molecular weight excluding hydrogens is 232 g/mol. The lowest BCUT2D eigenvalue weighted by Crippen LogP contribution is -2.27. The Hall–Kier alpha value is -1.67. The minimum Gasteiger partial charge on any atom is -0.327 e. The van der Waals surface area contributed by atoms with Gasteiger partial charge in [0, 0.05) is 23.9 Å². The van der Waals surface area contributed by atoms with E-state index in [0.29, 0.717) is 5.92 Å². The Balaban J connectivity index is 1.80. The maximum Gasteiger partial charge on any atom is 0.0447 e. The highest BCUT2D eigenvalue weighted by Crippen LogP contribution is 2.19. The minimum absolute atomic E-state index is 0.179. The molecule has 0 bridgehead atoms. The van der Waals surface area contributed by atoms with Gasteiger partial charge in [-0.05, 0) is 37.0 Å². The molecule has 0 amide bonds. The molecule has 100 valence electrons. The first kappa shape index (κ1) is 13.8. The van der Waals surface area contributed by atoms with Crippen LogP contribution in [-0.2, 0) is 6.42 Å². The predicted molar refractivity (Wildman–Crippen MR) is 80.0 cm³/mol. The van der Waals surface area contributed by atoms with Crippen LogP contribution in [0, 0.1) is 0 Å². The highest BCUT2D eigenvalue weighted by Gasteiger charge is 2.15. The summed E-state index contributed by atoms with van der Waals surface area (Å²) >= 11 is 0. The molecule has 0 aliphatic rings. The molecule has 1 aromatic heterocycles. The number of aryl methyl sites for hydroxylation is 1. The highest BCUT2D eigenvalue weighted by molar-refractivity contribution is 5.15. The summed E-state index contributed by atoms with van der Waals surface area (Å²) in [6.45, 7) is 2.16. The van der Waals surface area contributed by atoms with Gasteiger partial charge in [-0.2, -0.15) is 0 Å². The number of hydrogen-bond donors (Lipinski definition) is 1. The molecule has 2 nitrogen and oxygen atoms in total. The fourth-order valence-corrected chi connectivity index (χ4v) is 2.30. The smallest absolute Gasteiger partial charge is 0.0447 e. The standard InChI is InChI=1S/C17H22N2/c1-14(17-12-5-6-13-19-17)16(18)11-7-10-15-8-3-2-4-9-15/h2-6,8-9,12-14,16H,7,10-11,18H2,1H3. The third-order valence-electron chi connectivity index (χ3n) is 3.64. The number of benzene rings is 1. The fourth-order valence-electron chi connectivity index (χ4n) is 2.30. The van der Waals surface area contributed by atoms with E-state index >= 15 is 0 Å². The predicted octanol–water partition coefficient (Wildman–Crippen LogP) is 3.54. The molecular formula is C17H22N2. The normalized spacial score (nSPS) is 14.0. The molecule has 0 aliphatic heterocycles. The second-order valence-corrected chi connectivity index (χ2v) is 5.08. The number of hydrogen-bond acceptors (Lipinski definition) is 2. The summed E-state index contributed by atoms with van der Waals surface area (Å²) in [5, 5.41) is 0. The molecule has 1 heterocycles. The maximum absolute atomic E-state index is 6.27. The van der Waals surface area contributed by atoms with Gasteiger partial charge in [0.25, 0.3) is 0 Å². The van der Waals surface area contributed by atoms with Crippen molar-refractivity contribution >= 4 is 0 Å². The van der Waals surface area contributed by atoms with Gasteiger partial charge in [-0.3, -0.25) is 4.98 Å². The summed E-state index contributed by atoms with van der Waals surface area (Å²) in [6.07, 6.45) is 5.10. The summed E-state index contributed by atoms with van der Waals surface area (Å²) in [5.74, 6) is 0.317. The zero-order valence-corrected chi connectivity index (χ0v) is 11.5. The first-order chi connectivity index (χ1) is 9.27. The fraction of sp³-hybridized carbons (Fsp3) is 0.353. The molecule has 2 rings (SSSR count). The Kier molecular flexibility index (Phi) is 5.10. The summed E-state index contributed by atoms with van der Waals surface area (Å²) in [6, 6.07) is 16.8. The van der Waals surface area contributed by atoms with Crippen molar-refractivity contribution in [2.75, 3.05) is 0 Å². The monoisotopic (exact) mass is 254 g/mol. The van der Waals surface area contributed by atoms with E-state index in [4.69, 9.17) is 5.73 Å². The van der Waals surface area contributed by atoms with Crippen LogP contribution >= 0.6 is 0 Å². The summed E-state index contributed by atoms with van der Waals surface area (Å²) in [7, 11) is 0. The second-order valence-electron chi connectivity index (χ2n) is 5.08. The van der Waals surface area contributed by atoms with E-state index in [9.17, 15) is 0 Å². The first-order valence-corrected chi connectivity index (χ1v) is 6.98. The molecule has 0 fully saturated rings. The maximum atomic E-state index is 6.27. The number of pyridine rings is 1. The van der Waals surface area contributed by atoms with Gasteiger partial charge >= 0.3 is 0 Å². The van der Waals surface area contributed by atoms with Crippen molar-refractivity contribution in [3.05, 3.63) is 66.0 Å². The van der Waals surface area contributed by atoms with E-state index in [1.807, 2.05) is 18.3 Å². The van der Waals surface area contributed by atoms with Gasteiger partial charge in [0.05, 0.1) is 0 Å². The largest absolute Gasteiger partial charge is 0.327 e. The lowest BCUT2D eigenvalue weighted by molar-refractivity contribution is 0.503. The molecule has 2 heteroatoms. The average Bonchev–Trinajstić information content (AvgIpc) is 2.48. The molecule has 1 aromatic carbocycles. The molecule has 2 atom stereocenters. The summed E-state index contributed by atoms with van der Waals surface area (Å²) in [4.78, 5) is 4.39. The SMILES string of the molecule is CC(c1ccccn1)C(N)CCCc1ccccc1. The number of rotatable bonds is 6. The third-order valence-corrected chi connectivity index (χ3v) is 3.64. The van der Waals surface area contributed by atoms with E-state index in [1.54, 1.807) is 0 Å². The van der Waals surface area contributed by atoms with Crippen molar-refractivity contribution in [3.8, 4) is 0 Å². The Morgan fingerprint density at radius 1 is 1.05 bits per heavy atom. The lowest BCUT2D eigenvalue weighted by Gasteiger charge is -2.19. The zero-order valence-electron chi connectivity index (χ0n) is 11.5. The molecule has 0 aliphatic carbocycles. The van der Waals surface area contributed by atoms with Gasteiger partial charge < -0.3 is 5.73 Å². The second kappa shape index (κ2) is 7.05. The van der Waals surface area contributed by atoms with Crippen molar-refractivity contribution in [1.82, 2.24) is 4.98 Å². The van der Waals surface area contributed by atoms with E-state index in [0.717, 1.165) is 25.0 Å². The summed E-state index contributed by atoms with van der Waals surface area (Å²) < 4.78 is 0. The van der Waals surface area contributed by atoms with Gasteiger partial charge in [-0.15, -0.1) is 0 Å². The minimum atomic E-state index is 0.179. The van der Waals surface area contributed by atoms with Crippen LogP contribution in [0.1, 0.15) is 36.9 Å². The van der Waals surface area contributed by atoms with Crippen LogP contribution < -0.4 is 5.73 Å². The lowest BCUT2D eigenvalue weighted by atomic mass is 9.93. The molecule has 19 heavy (non-hydrogen) atoms. The van der Waals surface area contributed by atoms with Crippen molar-refractivity contribution in [2.24, 2.45) is 5.73 Å². The first-order valence-electron chi connectivity index (χ1n) is 6.98. The Morgan fingerprint density at radius 2 is 1.79 bits per heavy atom.